The van der Waals surface area contributed by atoms with Gasteiger partial charge in [-0.3, -0.25) is 19.9 Å². The van der Waals surface area contributed by atoms with Crippen LogP contribution in [0.15, 0.2) is 42.6 Å². The van der Waals surface area contributed by atoms with Gasteiger partial charge < -0.3 is 10.2 Å². The molecule has 2 N–H and O–H groups in total. The zero-order chi connectivity index (χ0) is 21.8. The van der Waals surface area contributed by atoms with E-state index in [0.717, 1.165) is 25.9 Å². The number of carbonyl (C=O) groups is 2. The first-order chi connectivity index (χ1) is 15.0. The summed E-state index contributed by atoms with van der Waals surface area (Å²) in [6.45, 7) is 3.06. The molecule has 0 atom stereocenters. The number of hydrogen-bond donors (Lipinski definition) is 2. The molecule has 0 unspecified atom stereocenters. The minimum Gasteiger partial charge on any atom is -0.341 e. The largest absolute Gasteiger partial charge is 0.341 e. The van der Waals surface area contributed by atoms with Crippen LogP contribution in [0.2, 0.25) is 5.02 Å². The molecule has 2 amide bonds. The number of nitrogens with one attached hydrogen (secondary N) is 2. The second-order valence-corrected chi connectivity index (χ2v) is 7.43. The quantitative estimate of drug-likeness (QED) is 0.628. The minimum absolute atomic E-state index is 0.101. The van der Waals surface area contributed by atoms with E-state index in [4.69, 9.17) is 11.6 Å². The fourth-order valence-electron chi connectivity index (χ4n) is 3.24. The Hall–Kier alpha value is -3.59. The minimum atomic E-state index is -0.497. The smallest absolute Gasteiger partial charge is 0.259 e. The van der Waals surface area contributed by atoms with Crippen LogP contribution in [0, 0.1) is 0 Å². The molecule has 10 heteroatoms. The molecule has 1 aromatic carbocycles. The van der Waals surface area contributed by atoms with Crippen molar-refractivity contribution in [3.05, 3.63) is 53.2 Å². The van der Waals surface area contributed by atoms with Gasteiger partial charge in [0.25, 0.3) is 5.91 Å². The predicted molar refractivity (Wildman–Crippen MR) is 118 cm³/mol. The van der Waals surface area contributed by atoms with Gasteiger partial charge in [-0.05, 0) is 43.2 Å². The SMILES string of the molecule is CC(=O)Nc1ccc(Cl)c(C(=O)Nc2nc(-c3ccccn3)nc(N3CCCC3)n2)c1. The highest BCUT2D eigenvalue weighted by molar-refractivity contribution is 6.34. The van der Waals surface area contributed by atoms with Crippen molar-refractivity contribution in [2.24, 2.45) is 0 Å². The third-order valence-corrected chi connectivity index (χ3v) is 4.99. The number of halogens is 1. The van der Waals surface area contributed by atoms with Gasteiger partial charge in [0.1, 0.15) is 5.69 Å². The maximum absolute atomic E-state index is 12.9. The van der Waals surface area contributed by atoms with Gasteiger partial charge in [-0.1, -0.05) is 17.7 Å². The molecular weight excluding hydrogens is 418 g/mol. The summed E-state index contributed by atoms with van der Waals surface area (Å²) in [5.41, 5.74) is 1.23. The molecule has 0 aliphatic carbocycles. The van der Waals surface area contributed by atoms with Crippen LogP contribution in [0.1, 0.15) is 30.1 Å². The molecule has 1 saturated heterocycles. The normalized spacial score (nSPS) is 13.2. The molecule has 1 fully saturated rings. The highest BCUT2D eigenvalue weighted by Gasteiger charge is 2.20. The number of hydrogen-bond acceptors (Lipinski definition) is 7. The van der Waals surface area contributed by atoms with E-state index in [1.54, 1.807) is 30.5 Å². The standard InChI is InChI=1S/C21H20ClN7O2/c1-13(30)24-14-7-8-16(22)15(12-14)19(31)27-20-25-18(17-6-2-3-9-23-17)26-21(28-20)29-10-4-5-11-29/h2-3,6-9,12H,4-5,10-11H2,1H3,(H,24,30)(H,25,26,27,28,31). The Morgan fingerprint density at radius 1 is 1.03 bits per heavy atom. The first kappa shape index (κ1) is 20.7. The van der Waals surface area contributed by atoms with Crippen molar-refractivity contribution in [2.75, 3.05) is 28.6 Å². The van der Waals surface area contributed by atoms with E-state index in [0.29, 0.717) is 23.2 Å². The lowest BCUT2D eigenvalue weighted by Crippen LogP contribution is -2.23. The van der Waals surface area contributed by atoms with E-state index in [-0.39, 0.29) is 22.4 Å². The molecule has 3 aromatic rings. The molecule has 1 aliphatic heterocycles. The molecule has 1 aliphatic rings. The van der Waals surface area contributed by atoms with Crippen molar-refractivity contribution in [1.29, 1.82) is 0 Å². The van der Waals surface area contributed by atoms with Crippen LogP contribution in [0.25, 0.3) is 11.5 Å². The van der Waals surface area contributed by atoms with E-state index >= 15 is 0 Å². The van der Waals surface area contributed by atoms with Gasteiger partial charge in [-0.15, -0.1) is 0 Å². The van der Waals surface area contributed by atoms with E-state index < -0.39 is 5.91 Å². The fraction of sp³-hybridized carbons (Fsp3) is 0.238. The lowest BCUT2D eigenvalue weighted by Gasteiger charge is -2.16. The van der Waals surface area contributed by atoms with Crippen LogP contribution < -0.4 is 15.5 Å². The number of nitrogens with zero attached hydrogens (tertiary/aromatic N) is 5. The summed E-state index contributed by atoms with van der Waals surface area (Å²) in [6, 6.07) is 10.1. The van der Waals surface area contributed by atoms with Crippen LogP contribution in [0.3, 0.4) is 0 Å². The predicted octanol–water partition coefficient (Wildman–Crippen LogP) is 3.40. The molecule has 2 aromatic heterocycles. The van der Waals surface area contributed by atoms with Crippen LogP contribution in [0.5, 0.6) is 0 Å². The first-order valence-electron chi connectivity index (χ1n) is 9.80. The number of pyridine rings is 1. The Kier molecular flexibility index (Phi) is 6.03. The second kappa shape index (κ2) is 9.05. The van der Waals surface area contributed by atoms with Gasteiger partial charge in [0.2, 0.25) is 17.8 Å². The highest BCUT2D eigenvalue weighted by Crippen LogP contribution is 2.24. The molecule has 0 spiro atoms. The monoisotopic (exact) mass is 437 g/mol. The van der Waals surface area contributed by atoms with Crippen LogP contribution in [-0.4, -0.2) is 44.8 Å². The van der Waals surface area contributed by atoms with Crippen molar-refractivity contribution in [1.82, 2.24) is 19.9 Å². The summed E-state index contributed by atoms with van der Waals surface area (Å²) >= 11 is 6.21. The molecule has 31 heavy (non-hydrogen) atoms. The molecule has 158 valence electrons. The maximum atomic E-state index is 12.9. The highest BCUT2D eigenvalue weighted by atomic mass is 35.5. The van der Waals surface area contributed by atoms with Gasteiger partial charge in [0.15, 0.2) is 5.82 Å². The summed E-state index contributed by atoms with van der Waals surface area (Å²) in [4.78, 5) is 44.0. The third-order valence-electron chi connectivity index (χ3n) is 4.66. The van der Waals surface area contributed by atoms with Crippen molar-refractivity contribution in [2.45, 2.75) is 19.8 Å². The summed E-state index contributed by atoms with van der Waals surface area (Å²) in [7, 11) is 0. The van der Waals surface area contributed by atoms with Crippen molar-refractivity contribution in [3.63, 3.8) is 0 Å². The van der Waals surface area contributed by atoms with Gasteiger partial charge in [0, 0.05) is 31.9 Å². The molecule has 0 bridgehead atoms. The summed E-state index contributed by atoms with van der Waals surface area (Å²) in [5.74, 6) is 0.208. The molecular formula is C21H20ClN7O2. The average Bonchev–Trinajstić information content (AvgIpc) is 3.30. The van der Waals surface area contributed by atoms with Crippen LogP contribution in [-0.2, 0) is 4.79 Å². The average molecular weight is 438 g/mol. The van der Waals surface area contributed by atoms with E-state index in [9.17, 15) is 9.59 Å². The number of carbonyl (C=O) groups excluding carboxylic acids is 2. The number of amides is 2. The molecule has 0 saturated carbocycles. The topological polar surface area (TPSA) is 113 Å². The van der Waals surface area contributed by atoms with Gasteiger partial charge in [-0.2, -0.15) is 15.0 Å². The Bertz CT molecular complexity index is 1120. The van der Waals surface area contributed by atoms with Gasteiger partial charge in [0.05, 0.1) is 10.6 Å². The third kappa shape index (κ3) is 4.95. The fourth-order valence-corrected chi connectivity index (χ4v) is 3.44. The molecule has 4 rings (SSSR count). The summed E-state index contributed by atoms with van der Waals surface area (Å²) in [6.07, 6.45) is 3.76. The van der Waals surface area contributed by atoms with Gasteiger partial charge in [-0.25, -0.2) is 0 Å². The van der Waals surface area contributed by atoms with Gasteiger partial charge >= 0.3 is 0 Å². The molecule has 0 radical (unpaired) electrons. The lowest BCUT2D eigenvalue weighted by atomic mass is 10.2. The summed E-state index contributed by atoms with van der Waals surface area (Å²) in [5, 5.41) is 5.58. The van der Waals surface area contributed by atoms with E-state index in [2.05, 4.69) is 30.6 Å². The van der Waals surface area contributed by atoms with Crippen molar-refractivity contribution >= 4 is 41.0 Å². The van der Waals surface area contributed by atoms with Crippen molar-refractivity contribution < 1.29 is 9.59 Å². The Morgan fingerprint density at radius 3 is 2.55 bits per heavy atom. The van der Waals surface area contributed by atoms with Crippen LogP contribution in [0.4, 0.5) is 17.6 Å². The zero-order valence-corrected chi connectivity index (χ0v) is 17.6. The summed E-state index contributed by atoms with van der Waals surface area (Å²) < 4.78 is 0. The Labute approximate surface area is 183 Å². The van der Waals surface area contributed by atoms with Crippen LogP contribution >= 0.6 is 11.6 Å². The number of anilines is 3. The number of aromatic nitrogens is 4. The Morgan fingerprint density at radius 2 is 1.84 bits per heavy atom. The van der Waals surface area contributed by atoms with E-state index in [1.807, 2.05) is 11.0 Å². The maximum Gasteiger partial charge on any atom is 0.259 e. The zero-order valence-electron chi connectivity index (χ0n) is 16.8. The second-order valence-electron chi connectivity index (χ2n) is 7.02. The first-order valence-corrected chi connectivity index (χ1v) is 10.2. The van der Waals surface area contributed by atoms with E-state index in [1.165, 1.54) is 13.0 Å². The Balaban J connectivity index is 1.66. The number of rotatable bonds is 5. The molecule has 3 heterocycles. The van der Waals surface area contributed by atoms with Crippen molar-refractivity contribution in [3.8, 4) is 11.5 Å². The number of benzene rings is 1. The lowest BCUT2D eigenvalue weighted by molar-refractivity contribution is -0.114. The molecule has 9 nitrogen and oxygen atoms in total.